The van der Waals surface area contributed by atoms with E-state index in [-0.39, 0.29) is 18.7 Å². The second-order valence-electron chi connectivity index (χ2n) is 4.50. The monoisotopic (exact) mass is 307 g/mol. The molecule has 2 atom stereocenters. The van der Waals surface area contributed by atoms with Crippen LogP contribution in [0.1, 0.15) is 25.5 Å². The zero-order chi connectivity index (χ0) is 16.3. The number of alkyl halides is 4. The van der Waals surface area contributed by atoms with Crippen LogP contribution in [-0.4, -0.2) is 40.8 Å². The van der Waals surface area contributed by atoms with E-state index < -0.39 is 23.9 Å². The minimum Gasteiger partial charge on any atom is -0.384 e. The molecular formula is C14H17F4NO2. The van der Waals surface area contributed by atoms with Crippen LogP contribution in [-0.2, 0) is 4.79 Å². The van der Waals surface area contributed by atoms with E-state index in [2.05, 4.69) is 0 Å². The maximum atomic E-state index is 14.6. The molecule has 1 aromatic carbocycles. The first-order valence-corrected chi connectivity index (χ1v) is 6.48. The molecule has 21 heavy (non-hydrogen) atoms. The number of rotatable bonds is 5. The zero-order valence-electron chi connectivity index (χ0n) is 11.7. The van der Waals surface area contributed by atoms with Gasteiger partial charge in [0.1, 0.15) is 6.10 Å². The summed E-state index contributed by atoms with van der Waals surface area (Å²) in [6, 6.07) is 6.50. The lowest BCUT2D eigenvalue weighted by atomic mass is 9.90. The lowest BCUT2D eigenvalue weighted by Crippen LogP contribution is -2.58. The molecule has 1 N–H and O–H groups in total. The third-order valence-electron chi connectivity index (χ3n) is 3.27. The molecule has 0 aliphatic heterocycles. The van der Waals surface area contributed by atoms with Crippen molar-refractivity contribution in [3.8, 4) is 0 Å². The van der Waals surface area contributed by atoms with Gasteiger partial charge in [-0.3, -0.25) is 4.79 Å². The van der Waals surface area contributed by atoms with Gasteiger partial charge in [0.2, 0.25) is 0 Å². The maximum absolute atomic E-state index is 14.6. The summed E-state index contributed by atoms with van der Waals surface area (Å²) in [6.07, 6.45) is -8.14. The summed E-state index contributed by atoms with van der Waals surface area (Å²) in [4.78, 5) is 12.7. The van der Waals surface area contributed by atoms with Crippen LogP contribution in [0.5, 0.6) is 0 Å². The minimum absolute atomic E-state index is 0.0847. The third kappa shape index (κ3) is 3.18. The van der Waals surface area contributed by atoms with Crippen LogP contribution in [0.15, 0.2) is 30.3 Å². The number of benzene rings is 1. The van der Waals surface area contributed by atoms with Gasteiger partial charge < -0.3 is 10.0 Å². The van der Waals surface area contributed by atoms with Crippen LogP contribution < -0.4 is 0 Å². The van der Waals surface area contributed by atoms with Crippen LogP contribution >= 0.6 is 0 Å². The van der Waals surface area contributed by atoms with Crippen LogP contribution in [0.25, 0.3) is 0 Å². The Kier molecular flexibility index (Phi) is 5.33. The van der Waals surface area contributed by atoms with Crippen molar-refractivity contribution in [2.75, 3.05) is 13.1 Å². The summed E-state index contributed by atoms with van der Waals surface area (Å²) < 4.78 is 54.1. The van der Waals surface area contributed by atoms with Gasteiger partial charge in [-0.05, 0) is 19.4 Å². The lowest BCUT2D eigenvalue weighted by molar-refractivity contribution is -0.257. The molecule has 0 radical (unpaired) electrons. The van der Waals surface area contributed by atoms with Crippen molar-refractivity contribution in [3.05, 3.63) is 35.9 Å². The quantitative estimate of drug-likeness (QED) is 0.850. The fourth-order valence-electron chi connectivity index (χ4n) is 2.00. The summed E-state index contributed by atoms with van der Waals surface area (Å²) in [5, 5.41) is 9.84. The normalized spacial score (nSPS) is 16.1. The van der Waals surface area contributed by atoms with Crippen LogP contribution in [0.3, 0.4) is 0 Å². The van der Waals surface area contributed by atoms with E-state index in [1.807, 2.05) is 0 Å². The number of carbonyl (C=O) groups is 1. The molecule has 0 fully saturated rings. The van der Waals surface area contributed by atoms with E-state index in [4.69, 9.17) is 0 Å². The number of amides is 1. The number of carbonyl (C=O) groups excluding carboxylic acids is 1. The number of hydrogen-bond acceptors (Lipinski definition) is 2. The molecule has 0 aliphatic rings. The molecule has 118 valence electrons. The lowest BCUT2D eigenvalue weighted by Gasteiger charge is -2.35. The van der Waals surface area contributed by atoms with Crippen LogP contribution in [0.4, 0.5) is 17.6 Å². The maximum Gasteiger partial charge on any atom is 0.434 e. The highest BCUT2D eigenvalue weighted by atomic mass is 19.4. The van der Waals surface area contributed by atoms with E-state index >= 15 is 0 Å². The first-order valence-electron chi connectivity index (χ1n) is 6.48. The number of halogens is 4. The molecular weight excluding hydrogens is 290 g/mol. The molecule has 0 aliphatic carbocycles. The van der Waals surface area contributed by atoms with Gasteiger partial charge in [0.25, 0.3) is 5.91 Å². The van der Waals surface area contributed by atoms with E-state index in [9.17, 15) is 27.5 Å². The Bertz CT molecular complexity index is 474. The number of hydrogen-bond donors (Lipinski definition) is 1. The molecule has 0 heterocycles. The Hall–Kier alpha value is -1.63. The number of aliphatic hydroxyl groups is 1. The highest BCUT2D eigenvalue weighted by Crippen LogP contribution is 2.44. The van der Waals surface area contributed by atoms with Gasteiger partial charge >= 0.3 is 11.8 Å². The van der Waals surface area contributed by atoms with Gasteiger partial charge in [0, 0.05) is 13.1 Å². The van der Waals surface area contributed by atoms with E-state index in [0.717, 1.165) is 12.1 Å². The molecule has 0 bridgehead atoms. The fraction of sp³-hybridized carbons (Fsp3) is 0.500. The summed E-state index contributed by atoms with van der Waals surface area (Å²) in [7, 11) is 0. The van der Waals surface area contributed by atoms with Crippen LogP contribution in [0.2, 0.25) is 0 Å². The second kappa shape index (κ2) is 6.43. The van der Waals surface area contributed by atoms with E-state index in [0.29, 0.717) is 4.90 Å². The van der Waals surface area contributed by atoms with Crippen molar-refractivity contribution in [1.29, 1.82) is 0 Å². The van der Waals surface area contributed by atoms with Gasteiger partial charge in [-0.15, -0.1) is 0 Å². The molecule has 3 nitrogen and oxygen atoms in total. The largest absolute Gasteiger partial charge is 0.434 e. The summed E-state index contributed by atoms with van der Waals surface area (Å²) >= 11 is 0. The molecule has 1 aromatic rings. The molecule has 0 unspecified atom stereocenters. The molecule has 1 amide bonds. The molecule has 0 saturated carbocycles. The molecule has 1 rings (SSSR count). The van der Waals surface area contributed by atoms with E-state index in [1.54, 1.807) is 0 Å². The molecule has 0 spiro atoms. The number of aliphatic hydroxyl groups excluding tert-OH is 1. The number of nitrogens with zero attached hydrogens (tertiary/aromatic N) is 1. The second-order valence-corrected chi connectivity index (χ2v) is 4.50. The highest BCUT2D eigenvalue weighted by Gasteiger charge is 2.67. The molecule has 0 aromatic heterocycles. The van der Waals surface area contributed by atoms with Crippen molar-refractivity contribution >= 4 is 5.91 Å². The standard InChI is InChI=1S/C14H17F4NO2/c1-3-19(4-2)12(21)13(15,14(16,17)18)11(20)10-8-6-5-7-9-10/h5-9,11,20H,3-4H2,1-2H3/t11-,13-/m1/s1. The van der Waals surface area contributed by atoms with Gasteiger partial charge in [-0.25, -0.2) is 4.39 Å². The Balaban J connectivity index is 3.31. The van der Waals surface area contributed by atoms with Gasteiger partial charge in [-0.1, -0.05) is 30.3 Å². The van der Waals surface area contributed by atoms with Gasteiger partial charge in [-0.2, -0.15) is 13.2 Å². The molecule has 7 heteroatoms. The van der Waals surface area contributed by atoms with Crippen molar-refractivity contribution in [3.63, 3.8) is 0 Å². The minimum atomic E-state index is -5.53. The predicted molar refractivity (Wildman–Crippen MR) is 69.2 cm³/mol. The smallest absolute Gasteiger partial charge is 0.384 e. The average Bonchev–Trinajstić information content (AvgIpc) is 2.46. The first kappa shape index (κ1) is 17.4. The Morgan fingerprint density at radius 1 is 1.14 bits per heavy atom. The van der Waals surface area contributed by atoms with Crippen molar-refractivity contribution < 1.29 is 27.5 Å². The van der Waals surface area contributed by atoms with Crippen molar-refractivity contribution in [2.45, 2.75) is 31.8 Å². The third-order valence-corrected chi connectivity index (χ3v) is 3.27. The summed E-state index contributed by atoms with van der Waals surface area (Å²) in [6.45, 7) is 2.71. The first-order chi connectivity index (χ1) is 9.70. The van der Waals surface area contributed by atoms with Gasteiger partial charge in [0.05, 0.1) is 0 Å². The summed E-state index contributed by atoms with van der Waals surface area (Å²) in [5.74, 6) is -1.78. The SMILES string of the molecule is CCN(CC)C(=O)[C@](F)([C@H](O)c1ccccc1)C(F)(F)F. The molecule has 0 saturated heterocycles. The topological polar surface area (TPSA) is 40.5 Å². The Morgan fingerprint density at radius 2 is 1.62 bits per heavy atom. The fourth-order valence-corrected chi connectivity index (χ4v) is 2.00. The summed E-state index contributed by atoms with van der Waals surface area (Å²) in [5.41, 5.74) is -4.68. The van der Waals surface area contributed by atoms with Crippen molar-refractivity contribution in [2.24, 2.45) is 0 Å². The average molecular weight is 307 g/mol. The van der Waals surface area contributed by atoms with Gasteiger partial charge in [0.15, 0.2) is 0 Å². The Morgan fingerprint density at radius 3 is 2.00 bits per heavy atom. The van der Waals surface area contributed by atoms with Crippen molar-refractivity contribution in [1.82, 2.24) is 4.90 Å². The Labute approximate surface area is 120 Å². The van der Waals surface area contributed by atoms with E-state index in [1.165, 1.54) is 32.0 Å². The predicted octanol–water partition coefficient (Wildman–Crippen LogP) is 2.86. The highest BCUT2D eigenvalue weighted by molar-refractivity contribution is 5.87. The van der Waals surface area contributed by atoms with Crippen LogP contribution in [0, 0.1) is 0 Å². The zero-order valence-corrected chi connectivity index (χ0v) is 11.7.